The Morgan fingerprint density at radius 1 is 1.38 bits per heavy atom. The lowest BCUT2D eigenvalue weighted by molar-refractivity contribution is 0.663. The van der Waals surface area contributed by atoms with Crippen LogP contribution in [0.3, 0.4) is 0 Å². The van der Waals surface area contributed by atoms with Gasteiger partial charge in [0.25, 0.3) is 0 Å². The average molecular weight is 220 g/mol. The normalized spacial score (nSPS) is 12.6. The topological polar surface area (TPSA) is 15.3 Å². The van der Waals surface area contributed by atoms with Crippen molar-refractivity contribution in [2.75, 3.05) is 19.0 Å². The summed E-state index contributed by atoms with van der Waals surface area (Å²) in [5, 5.41) is 3.19. The minimum absolute atomic E-state index is 0.592. The van der Waals surface area contributed by atoms with Gasteiger partial charge < -0.3 is 10.2 Å². The van der Waals surface area contributed by atoms with Gasteiger partial charge in [0.1, 0.15) is 0 Å². The minimum atomic E-state index is 0.592. The first-order valence-corrected chi connectivity index (χ1v) is 6.07. The van der Waals surface area contributed by atoms with Gasteiger partial charge in [0, 0.05) is 25.3 Å². The monoisotopic (exact) mass is 220 g/mol. The number of nitrogens with zero attached hydrogens (tertiary/aromatic N) is 1. The Kier molecular flexibility index (Phi) is 4.81. The predicted molar refractivity (Wildman–Crippen MR) is 72.1 cm³/mol. The van der Waals surface area contributed by atoms with Gasteiger partial charge in [-0.05, 0) is 50.6 Å². The molecule has 0 aromatic heterocycles. The van der Waals surface area contributed by atoms with Crippen LogP contribution in [0.25, 0.3) is 0 Å². The molecule has 90 valence electrons. The lowest BCUT2D eigenvalue weighted by Crippen LogP contribution is -2.28. The highest BCUT2D eigenvalue weighted by atomic mass is 15.1. The third kappa shape index (κ3) is 2.99. The van der Waals surface area contributed by atoms with Crippen LogP contribution >= 0.6 is 0 Å². The van der Waals surface area contributed by atoms with Crippen molar-refractivity contribution in [3.63, 3.8) is 0 Å². The van der Waals surface area contributed by atoms with Crippen LogP contribution in [0, 0.1) is 6.92 Å². The van der Waals surface area contributed by atoms with Crippen molar-refractivity contribution >= 4 is 5.69 Å². The van der Waals surface area contributed by atoms with E-state index in [0.717, 1.165) is 6.54 Å². The van der Waals surface area contributed by atoms with E-state index in [0.29, 0.717) is 6.04 Å². The summed E-state index contributed by atoms with van der Waals surface area (Å²) in [5.41, 5.74) is 4.05. The number of hydrogen-bond donors (Lipinski definition) is 1. The van der Waals surface area contributed by atoms with Crippen LogP contribution < -0.4 is 10.2 Å². The summed E-state index contributed by atoms with van der Waals surface area (Å²) in [5.74, 6) is 0. The summed E-state index contributed by atoms with van der Waals surface area (Å²) in [6.45, 7) is 7.61. The molecule has 0 fully saturated rings. The van der Waals surface area contributed by atoms with E-state index in [1.165, 1.54) is 23.2 Å². The first-order valence-electron chi connectivity index (χ1n) is 6.07. The summed E-state index contributed by atoms with van der Waals surface area (Å²) >= 11 is 0. The van der Waals surface area contributed by atoms with Gasteiger partial charge in [-0.15, -0.1) is 0 Å². The van der Waals surface area contributed by atoms with Gasteiger partial charge in [0.2, 0.25) is 0 Å². The highest BCUT2D eigenvalue weighted by Crippen LogP contribution is 2.20. The second-order valence-corrected chi connectivity index (χ2v) is 4.51. The zero-order chi connectivity index (χ0) is 12.1. The quantitative estimate of drug-likeness (QED) is 0.820. The van der Waals surface area contributed by atoms with E-state index >= 15 is 0 Å². The van der Waals surface area contributed by atoms with E-state index in [-0.39, 0.29) is 0 Å². The third-order valence-corrected chi connectivity index (χ3v) is 3.35. The van der Waals surface area contributed by atoms with E-state index in [2.05, 4.69) is 56.2 Å². The summed E-state index contributed by atoms with van der Waals surface area (Å²) in [4.78, 5) is 2.34. The molecule has 1 atom stereocenters. The highest BCUT2D eigenvalue weighted by Gasteiger charge is 2.08. The molecule has 1 N–H and O–H groups in total. The molecule has 1 aromatic rings. The van der Waals surface area contributed by atoms with Gasteiger partial charge in [0.15, 0.2) is 0 Å². The second-order valence-electron chi connectivity index (χ2n) is 4.51. The standard InChI is InChI=1S/C14H24N2/c1-6-12(3)16(5)14-8-7-13(10-15-4)11(2)9-14/h7-9,12,15H,6,10H2,1-5H3. The number of aryl methyl sites for hydroxylation is 1. The van der Waals surface area contributed by atoms with E-state index in [9.17, 15) is 0 Å². The molecule has 0 spiro atoms. The molecular formula is C14H24N2. The van der Waals surface area contributed by atoms with Gasteiger partial charge in [-0.1, -0.05) is 13.0 Å². The van der Waals surface area contributed by atoms with Gasteiger partial charge in [-0.25, -0.2) is 0 Å². The Labute approximate surface area is 99.7 Å². The molecule has 1 rings (SSSR count). The Morgan fingerprint density at radius 3 is 2.56 bits per heavy atom. The van der Waals surface area contributed by atoms with E-state index in [1.807, 2.05) is 7.05 Å². The van der Waals surface area contributed by atoms with E-state index in [1.54, 1.807) is 0 Å². The summed E-state index contributed by atoms with van der Waals surface area (Å²) in [6, 6.07) is 7.31. The molecule has 0 aliphatic rings. The lowest BCUT2D eigenvalue weighted by atomic mass is 10.1. The van der Waals surface area contributed by atoms with Gasteiger partial charge >= 0.3 is 0 Å². The number of nitrogens with one attached hydrogen (secondary N) is 1. The predicted octanol–water partition coefficient (Wildman–Crippen LogP) is 2.95. The molecular weight excluding hydrogens is 196 g/mol. The Balaban J connectivity index is 2.87. The van der Waals surface area contributed by atoms with Crippen molar-refractivity contribution in [1.29, 1.82) is 0 Å². The average Bonchev–Trinajstić information content (AvgIpc) is 2.30. The van der Waals surface area contributed by atoms with Crippen molar-refractivity contribution in [2.24, 2.45) is 0 Å². The summed E-state index contributed by atoms with van der Waals surface area (Å²) < 4.78 is 0. The molecule has 0 amide bonds. The summed E-state index contributed by atoms with van der Waals surface area (Å²) in [6.07, 6.45) is 1.17. The van der Waals surface area contributed by atoms with Crippen LogP contribution in [0.2, 0.25) is 0 Å². The van der Waals surface area contributed by atoms with Crippen molar-refractivity contribution in [1.82, 2.24) is 5.32 Å². The fourth-order valence-corrected chi connectivity index (χ4v) is 1.82. The Morgan fingerprint density at radius 2 is 2.06 bits per heavy atom. The molecule has 0 saturated heterocycles. The maximum absolute atomic E-state index is 3.19. The van der Waals surface area contributed by atoms with Crippen LogP contribution in [0.1, 0.15) is 31.4 Å². The van der Waals surface area contributed by atoms with Gasteiger partial charge in [-0.2, -0.15) is 0 Å². The maximum atomic E-state index is 3.19. The largest absolute Gasteiger partial charge is 0.372 e. The van der Waals surface area contributed by atoms with Crippen LogP contribution in [-0.2, 0) is 6.54 Å². The zero-order valence-corrected chi connectivity index (χ0v) is 11.2. The van der Waals surface area contributed by atoms with Gasteiger partial charge in [-0.3, -0.25) is 0 Å². The molecule has 1 aromatic carbocycles. The first-order chi connectivity index (χ1) is 7.60. The van der Waals surface area contributed by atoms with Crippen LogP contribution in [0.15, 0.2) is 18.2 Å². The fraction of sp³-hybridized carbons (Fsp3) is 0.571. The molecule has 2 nitrogen and oxygen atoms in total. The summed E-state index contributed by atoms with van der Waals surface area (Å²) in [7, 11) is 4.15. The number of benzene rings is 1. The van der Waals surface area contributed by atoms with E-state index < -0.39 is 0 Å². The maximum Gasteiger partial charge on any atom is 0.0368 e. The lowest BCUT2D eigenvalue weighted by Gasteiger charge is -2.26. The fourth-order valence-electron chi connectivity index (χ4n) is 1.82. The van der Waals surface area contributed by atoms with Crippen molar-refractivity contribution in [3.8, 4) is 0 Å². The zero-order valence-electron chi connectivity index (χ0n) is 11.2. The first kappa shape index (κ1) is 13.0. The van der Waals surface area contributed by atoms with E-state index in [4.69, 9.17) is 0 Å². The molecule has 0 aliphatic carbocycles. The second kappa shape index (κ2) is 5.90. The van der Waals surface area contributed by atoms with Gasteiger partial charge in [0.05, 0.1) is 0 Å². The van der Waals surface area contributed by atoms with Crippen molar-refractivity contribution in [2.45, 2.75) is 39.8 Å². The Hall–Kier alpha value is -1.02. The van der Waals surface area contributed by atoms with Crippen LogP contribution in [0.4, 0.5) is 5.69 Å². The molecule has 0 saturated carbocycles. The number of anilines is 1. The number of hydrogen-bond acceptors (Lipinski definition) is 2. The molecule has 0 heterocycles. The van der Waals surface area contributed by atoms with Crippen LogP contribution in [-0.4, -0.2) is 20.1 Å². The number of rotatable bonds is 5. The Bertz CT molecular complexity index is 334. The van der Waals surface area contributed by atoms with Crippen molar-refractivity contribution in [3.05, 3.63) is 29.3 Å². The third-order valence-electron chi connectivity index (χ3n) is 3.35. The smallest absolute Gasteiger partial charge is 0.0368 e. The molecule has 0 aliphatic heterocycles. The molecule has 0 radical (unpaired) electrons. The van der Waals surface area contributed by atoms with Crippen LogP contribution in [0.5, 0.6) is 0 Å². The highest BCUT2D eigenvalue weighted by molar-refractivity contribution is 5.50. The minimum Gasteiger partial charge on any atom is -0.372 e. The molecule has 1 unspecified atom stereocenters. The molecule has 2 heteroatoms. The SMILES string of the molecule is CCC(C)N(C)c1ccc(CNC)c(C)c1. The molecule has 0 bridgehead atoms. The molecule has 16 heavy (non-hydrogen) atoms. The van der Waals surface area contributed by atoms with Crippen molar-refractivity contribution < 1.29 is 0 Å².